The van der Waals surface area contributed by atoms with Gasteiger partial charge in [-0.1, -0.05) is 36.9 Å². The maximum absolute atomic E-state index is 9.65. The first kappa shape index (κ1) is 18.0. The second-order valence-electron chi connectivity index (χ2n) is 6.62. The predicted octanol–water partition coefficient (Wildman–Crippen LogP) is 4.95. The van der Waals surface area contributed by atoms with Gasteiger partial charge in [-0.2, -0.15) is 0 Å². The van der Waals surface area contributed by atoms with Crippen molar-refractivity contribution in [3.05, 3.63) is 89.0 Å². The number of hydrogen-bond donors (Lipinski definition) is 3. The first-order valence-corrected chi connectivity index (χ1v) is 8.90. The molecule has 3 nitrogen and oxygen atoms in total. The van der Waals surface area contributed by atoms with Crippen molar-refractivity contribution in [1.82, 2.24) is 0 Å². The van der Waals surface area contributed by atoms with Crippen LogP contribution in [0.2, 0.25) is 0 Å². The number of phenols is 2. The van der Waals surface area contributed by atoms with Gasteiger partial charge < -0.3 is 15.3 Å². The quantitative estimate of drug-likeness (QED) is 0.621. The van der Waals surface area contributed by atoms with Crippen LogP contribution in [0.3, 0.4) is 0 Å². The normalized spacial score (nSPS) is 14.5. The van der Waals surface area contributed by atoms with Crippen molar-refractivity contribution in [3.8, 4) is 11.5 Å². The number of rotatable bonds is 7. The van der Waals surface area contributed by atoms with E-state index in [1.165, 1.54) is 16.7 Å². The lowest BCUT2D eigenvalue weighted by Gasteiger charge is -2.15. The van der Waals surface area contributed by atoms with Crippen LogP contribution in [0.25, 0.3) is 5.57 Å². The zero-order valence-corrected chi connectivity index (χ0v) is 14.8. The van der Waals surface area contributed by atoms with Gasteiger partial charge >= 0.3 is 0 Å². The minimum Gasteiger partial charge on any atom is -0.508 e. The Bertz CT molecular complexity index is 793. The molecule has 3 heteroatoms. The van der Waals surface area contributed by atoms with Crippen LogP contribution in [0.5, 0.6) is 11.5 Å². The number of allylic oxidation sites excluding steroid dienone is 4. The molecular weight excluding hydrogens is 324 g/mol. The van der Waals surface area contributed by atoms with Gasteiger partial charge in [0.25, 0.3) is 0 Å². The zero-order valence-electron chi connectivity index (χ0n) is 14.8. The molecule has 0 radical (unpaired) electrons. The molecule has 0 atom stereocenters. The van der Waals surface area contributed by atoms with Crippen LogP contribution in [0.15, 0.2) is 77.9 Å². The Balaban J connectivity index is 2.12. The SMILES string of the molecule is C=C1C/C1=C\C(CCCCO)=C(c1ccc(O)cc1)c1ccc(O)cc1. The van der Waals surface area contributed by atoms with E-state index in [1.807, 2.05) is 24.3 Å². The van der Waals surface area contributed by atoms with Gasteiger partial charge in [-0.3, -0.25) is 0 Å². The second-order valence-corrected chi connectivity index (χ2v) is 6.62. The molecule has 0 aliphatic heterocycles. The molecule has 1 fully saturated rings. The molecule has 0 spiro atoms. The Morgan fingerprint density at radius 2 is 1.38 bits per heavy atom. The van der Waals surface area contributed by atoms with Crippen LogP contribution in [0, 0.1) is 0 Å². The van der Waals surface area contributed by atoms with Crippen LogP contribution in [-0.4, -0.2) is 21.9 Å². The van der Waals surface area contributed by atoms with E-state index < -0.39 is 0 Å². The highest BCUT2D eigenvalue weighted by Crippen LogP contribution is 2.39. The molecule has 0 amide bonds. The summed E-state index contributed by atoms with van der Waals surface area (Å²) in [7, 11) is 0. The number of aliphatic hydroxyl groups is 1. The number of unbranched alkanes of at least 4 members (excludes halogenated alkanes) is 1. The highest BCUT2D eigenvalue weighted by atomic mass is 16.3. The molecule has 0 heterocycles. The minimum atomic E-state index is 0.185. The minimum absolute atomic E-state index is 0.185. The van der Waals surface area contributed by atoms with E-state index in [4.69, 9.17) is 5.11 Å². The topological polar surface area (TPSA) is 60.7 Å². The van der Waals surface area contributed by atoms with Crippen LogP contribution in [-0.2, 0) is 0 Å². The molecule has 134 valence electrons. The lowest BCUT2D eigenvalue weighted by atomic mass is 9.90. The number of phenolic OH excluding ortho intramolecular Hbond substituents is 2. The largest absolute Gasteiger partial charge is 0.508 e. The number of hydrogen-bond acceptors (Lipinski definition) is 3. The first-order valence-electron chi connectivity index (χ1n) is 8.90. The molecule has 3 N–H and O–H groups in total. The van der Waals surface area contributed by atoms with Gasteiger partial charge in [0.1, 0.15) is 11.5 Å². The maximum Gasteiger partial charge on any atom is 0.115 e. The number of aromatic hydroxyl groups is 2. The smallest absolute Gasteiger partial charge is 0.115 e. The van der Waals surface area contributed by atoms with Gasteiger partial charge in [0, 0.05) is 6.61 Å². The highest BCUT2D eigenvalue weighted by molar-refractivity contribution is 5.84. The standard InChI is InChI=1S/C23H24O3/c1-16-14-20(16)15-19(4-2-3-13-24)23(17-5-9-21(25)10-6-17)18-7-11-22(26)12-8-18/h5-12,15,24-26H,1-4,13-14H2/b20-15+. The Morgan fingerprint density at radius 1 is 0.885 bits per heavy atom. The van der Waals surface area contributed by atoms with Gasteiger partial charge in [0.05, 0.1) is 0 Å². The summed E-state index contributed by atoms with van der Waals surface area (Å²) < 4.78 is 0. The maximum atomic E-state index is 9.65. The molecule has 1 saturated carbocycles. The summed E-state index contributed by atoms with van der Waals surface area (Å²) in [6.07, 6.45) is 5.64. The molecule has 0 aromatic heterocycles. The van der Waals surface area contributed by atoms with E-state index in [-0.39, 0.29) is 18.1 Å². The van der Waals surface area contributed by atoms with Gasteiger partial charge in [-0.05, 0) is 83.4 Å². The van der Waals surface area contributed by atoms with Crippen molar-refractivity contribution in [1.29, 1.82) is 0 Å². The fourth-order valence-electron chi connectivity index (χ4n) is 3.04. The Labute approximate surface area is 154 Å². The summed E-state index contributed by atoms with van der Waals surface area (Å²) in [5.41, 5.74) is 6.71. The first-order chi connectivity index (χ1) is 12.6. The molecule has 3 rings (SSSR count). The van der Waals surface area contributed by atoms with Crippen molar-refractivity contribution < 1.29 is 15.3 Å². The Morgan fingerprint density at radius 3 is 1.81 bits per heavy atom. The summed E-state index contributed by atoms with van der Waals surface area (Å²) >= 11 is 0. The Hall–Kier alpha value is -2.78. The molecule has 1 aliphatic rings. The van der Waals surface area contributed by atoms with Crippen LogP contribution < -0.4 is 0 Å². The summed E-state index contributed by atoms with van der Waals surface area (Å²) in [5.74, 6) is 0.462. The number of aliphatic hydroxyl groups excluding tert-OH is 1. The van der Waals surface area contributed by atoms with Crippen molar-refractivity contribution in [3.63, 3.8) is 0 Å². The van der Waals surface area contributed by atoms with Crippen molar-refractivity contribution in [2.24, 2.45) is 0 Å². The van der Waals surface area contributed by atoms with E-state index in [9.17, 15) is 10.2 Å². The van der Waals surface area contributed by atoms with E-state index in [0.717, 1.165) is 42.4 Å². The van der Waals surface area contributed by atoms with Crippen molar-refractivity contribution in [2.75, 3.05) is 6.61 Å². The van der Waals surface area contributed by atoms with Gasteiger partial charge in [0.15, 0.2) is 0 Å². The average molecular weight is 348 g/mol. The van der Waals surface area contributed by atoms with Gasteiger partial charge in [0.2, 0.25) is 0 Å². The van der Waals surface area contributed by atoms with Crippen LogP contribution in [0.1, 0.15) is 36.8 Å². The van der Waals surface area contributed by atoms with E-state index in [2.05, 4.69) is 12.7 Å². The van der Waals surface area contributed by atoms with Crippen LogP contribution in [0.4, 0.5) is 0 Å². The Kier molecular flexibility index (Phi) is 5.59. The summed E-state index contributed by atoms with van der Waals surface area (Å²) in [5, 5.41) is 28.4. The zero-order chi connectivity index (χ0) is 18.5. The van der Waals surface area contributed by atoms with Crippen LogP contribution >= 0.6 is 0 Å². The molecule has 0 saturated heterocycles. The highest BCUT2D eigenvalue weighted by Gasteiger charge is 2.20. The third-order valence-corrected chi connectivity index (χ3v) is 4.57. The van der Waals surface area contributed by atoms with Crippen molar-refractivity contribution in [2.45, 2.75) is 25.7 Å². The number of benzene rings is 2. The molecule has 2 aromatic rings. The predicted molar refractivity (Wildman–Crippen MR) is 105 cm³/mol. The molecule has 0 bridgehead atoms. The third kappa shape index (κ3) is 4.44. The van der Waals surface area contributed by atoms with E-state index >= 15 is 0 Å². The third-order valence-electron chi connectivity index (χ3n) is 4.57. The monoisotopic (exact) mass is 348 g/mol. The second kappa shape index (κ2) is 8.07. The summed E-state index contributed by atoms with van der Waals surface area (Å²) in [4.78, 5) is 0. The summed E-state index contributed by atoms with van der Waals surface area (Å²) in [6.45, 7) is 4.21. The lowest BCUT2D eigenvalue weighted by molar-refractivity contribution is 0.285. The molecule has 26 heavy (non-hydrogen) atoms. The van der Waals surface area contributed by atoms with Crippen molar-refractivity contribution >= 4 is 5.57 Å². The molecule has 0 unspecified atom stereocenters. The molecule has 2 aromatic carbocycles. The molecular formula is C23H24O3. The summed E-state index contributed by atoms with van der Waals surface area (Å²) in [6, 6.07) is 14.4. The fourth-order valence-corrected chi connectivity index (χ4v) is 3.04. The fraction of sp³-hybridized carbons (Fsp3) is 0.217. The van der Waals surface area contributed by atoms with Gasteiger partial charge in [-0.15, -0.1) is 0 Å². The lowest BCUT2D eigenvalue weighted by Crippen LogP contribution is -1.95. The van der Waals surface area contributed by atoms with E-state index in [1.54, 1.807) is 24.3 Å². The molecule has 1 aliphatic carbocycles. The van der Waals surface area contributed by atoms with Gasteiger partial charge in [-0.25, -0.2) is 0 Å². The average Bonchev–Trinajstić information content (AvgIpc) is 3.33. The van der Waals surface area contributed by atoms with E-state index in [0.29, 0.717) is 0 Å².